The van der Waals surface area contributed by atoms with E-state index < -0.39 is 10.0 Å². The van der Waals surface area contributed by atoms with Crippen molar-refractivity contribution in [2.24, 2.45) is 0 Å². The highest BCUT2D eigenvalue weighted by Crippen LogP contribution is 2.17. The van der Waals surface area contributed by atoms with Gasteiger partial charge in [-0.3, -0.25) is 4.72 Å². The minimum atomic E-state index is -3.23. The predicted octanol–water partition coefficient (Wildman–Crippen LogP) is 3.94. The lowest BCUT2D eigenvalue weighted by atomic mass is 10.0. The van der Waals surface area contributed by atoms with Crippen LogP contribution in [0.3, 0.4) is 0 Å². The van der Waals surface area contributed by atoms with Crippen molar-refractivity contribution < 1.29 is 8.42 Å². The van der Waals surface area contributed by atoms with Crippen LogP contribution in [0.15, 0.2) is 24.3 Å². The molecule has 0 spiro atoms. The van der Waals surface area contributed by atoms with Gasteiger partial charge in [-0.25, -0.2) is 8.42 Å². The number of nitrogens with one attached hydrogen (secondary N) is 2. The maximum Gasteiger partial charge on any atom is 0.229 e. The summed E-state index contributed by atoms with van der Waals surface area (Å²) in [5.41, 5.74) is 1.72. The molecule has 1 aromatic rings. The second-order valence-electron chi connectivity index (χ2n) is 6.19. The minimum absolute atomic E-state index is 0.557. The van der Waals surface area contributed by atoms with Gasteiger partial charge in [0, 0.05) is 6.04 Å². The van der Waals surface area contributed by atoms with E-state index in [9.17, 15) is 8.42 Å². The van der Waals surface area contributed by atoms with E-state index in [4.69, 9.17) is 0 Å². The molecule has 0 radical (unpaired) electrons. The molecule has 0 aliphatic carbocycles. The second-order valence-corrected chi connectivity index (χ2v) is 7.94. The van der Waals surface area contributed by atoms with Crippen molar-refractivity contribution in [1.82, 2.24) is 5.32 Å². The van der Waals surface area contributed by atoms with Gasteiger partial charge in [0.15, 0.2) is 0 Å². The van der Waals surface area contributed by atoms with E-state index in [1.807, 2.05) is 24.3 Å². The third-order valence-electron chi connectivity index (χ3n) is 4.04. The van der Waals surface area contributed by atoms with Crippen LogP contribution in [0, 0.1) is 0 Å². The first kappa shape index (κ1) is 20.0. The highest BCUT2D eigenvalue weighted by Gasteiger charge is 2.08. The highest BCUT2D eigenvalue weighted by atomic mass is 32.2. The number of hydrogen-bond acceptors (Lipinski definition) is 3. The van der Waals surface area contributed by atoms with E-state index in [0.29, 0.717) is 11.7 Å². The number of hydrogen-bond donors (Lipinski definition) is 2. The SMILES string of the molecule is CCCCCCC(CC)NCCc1ccccc1NS(C)(=O)=O. The summed E-state index contributed by atoms with van der Waals surface area (Å²) in [5.74, 6) is 0. The zero-order valence-corrected chi connectivity index (χ0v) is 15.6. The van der Waals surface area contributed by atoms with Crippen LogP contribution in [-0.4, -0.2) is 27.3 Å². The normalized spacial score (nSPS) is 13.0. The van der Waals surface area contributed by atoms with Crippen LogP contribution in [0.1, 0.15) is 57.9 Å². The monoisotopic (exact) mass is 340 g/mol. The van der Waals surface area contributed by atoms with E-state index >= 15 is 0 Å². The van der Waals surface area contributed by atoms with E-state index in [0.717, 1.165) is 24.9 Å². The molecular weight excluding hydrogens is 308 g/mol. The molecule has 0 bridgehead atoms. The molecule has 0 fully saturated rings. The van der Waals surface area contributed by atoms with Gasteiger partial charge in [-0.15, -0.1) is 0 Å². The number of sulfonamides is 1. The third kappa shape index (κ3) is 8.96. The summed E-state index contributed by atoms with van der Waals surface area (Å²) in [6.07, 6.45) is 9.56. The first-order valence-corrected chi connectivity index (χ1v) is 10.6. The van der Waals surface area contributed by atoms with Crippen LogP contribution >= 0.6 is 0 Å². The Balaban J connectivity index is 2.45. The van der Waals surface area contributed by atoms with Gasteiger partial charge in [0.2, 0.25) is 10.0 Å². The van der Waals surface area contributed by atoms with Crippen LogP contribution < -0.4 is 10.0 Å². The van der Waals surface area contributed by atoms with E-state index in [2.05, 4.69) is 23.9 Å². The summed E-state index contributed by atoms with van der Waals surface area (Å²) in [5, 5.41) is 3.61. The van der Waals surface area contributed by atoms with Gasteiger partial charge in [-0.2, -0.15) is 0 Å². The molecule has 0 saturated carbocycles. The van der Waals surface area contributed by atoms with Crippen molar-refractivity contribution in [2.75, 3.05) is 17.5 Å². The fourth-order valence-corrected chi connectivity index (χ4v) is 3.32. The Morgan fingerprint density at radius 1 is 1.09 bits per heavy atom. The van der Waals surface area contributed by atoms with Crippen LogP contribution in [0.4, 0.5) is 5.69 Å². The van der Waals surface area contributed by atoms with Crippen molar-refractivity contribution in [3.05, 3.63) is 29.8 Å². The number of para-hydroxylation sites is 1. The maximum atomic E-state index is 11.4. The largest absolute Gasteiger partial charge is 0.314 e. The summed E-state index contributed by atoms with van der Waals surface area (Å²) in [6.45, 7) is 5.32. The van der Waals surface area contributed by atoms with Gasteiger partial charge in [-0.1, -0.05) is 57.7 Å². The quantitative estimate of drug-likeness (QED) is 0.567. The minimum Gasteiger partial charge on any atom is -0.314 e. The van der Waals surface area contributed by atoms with Gasteiger partial charge >= 0.3 is 0 Å². The van der Waals surface area contributed by atoms with Gasteiger partial charge in [0.05, 0.1) is 11.9 Å². The average Bonchev–Trinajstić information content (AvgIpc) is 2.50. The first-order chi connectivity index (χ1) is 11.0. The summed E-state index contributed by atoms with van der Waals surface area (Å²) >= 11 is 0. The Hall–Kier alpha value is -1.07. The Bertz CT molecular complexity index is 544. The average molecular weight is 341 g/mol. The molecule has 1 unspecified atom stereocenters. The molecule has 0 heterocycles. The fraction of sp³-hybridized carbons (Fsp3) is 0.667. The highest BCUT2D eigenvalue weighted by molar-refractivity contribution is 7.92. The summed E-state index contributed by atoms with van der Waals surface area (Å²) in [7, 11) is -3.23. The lowest BCUT2D eigenvalue weighted by molar-refractivity contribution is 0.447. The number of benzene rings is 1. The van der Waals surface area contributed by atoms with Gasteiger partial charge in [0.1, 0.15) is 0 Å². The predicted molar refractivity (Wildman–Crippen MR) is 99.5 cm³/mol. The third-order valence-corrected chi connectivity index (χ3v) is 4.63. The zero-order valence-electron chi connectivity index (χ0n) is 14.8. The van der Waals surface area contributed by atoms with Crippen molar-refractivity contribution in [3.8, 4) is 0 Å². The topological polar surface area (TPSA) is 58.2 Å². The molecule has 1 rings (SSSR count). The van der Waals surface area contributed by atoms with Gasteiger partial charge < -0.3 is 5.32 Å². The molecule has 1 atom stereocenters. The number of rotatable bonds is 12. The standard InChI is InChI=1S/C18H32N2O2S/c1-4-6-7-8-12-17(5-2)19-15-14-16-11-9-10-13-18(16)20-23(3,21)22/h9-11,13,17,19-20H,4-8,12,14-15H2,1-3H3. The van der Waals surface area contributed by atoms with Crippen LogP contribution in [0.5, 0.6) is 0 Å². The molecule has 0 amide bonds. The molecule has 0 aliphatic rings. The summed E-state index contributed by atoms with van der Waals surface area (Å²) in [6, 6.07) is 8.16. The van der Waals surface area contributed by atoms with E-state index in [1.54, 1.807) is 0 Å². The van der Waals surface area contributed by atoms with Crippen LogP contribution in [-0.2, 0) is 16.4 Å². The van der Waals surface area contributed by atoms with Crippen molar-refractivity contribution in [1.29, 1.82) is 0 Å². The first-order valence-electron chi connectivity index (χ1n) is 8.75. The second kappa shape index (κ2) is 10.7. The molecule has 1 aromatic carbocycles. The number of anilines is 1. The Morgan fingerprint density at radius 3 is 2.48 bits per heavy atom. The molecule has 132 valence electrons. The van der Waals surface area contributed by atoms with Crippen molar-refractivity contribution in [3.63, 3.8) is 0 Å². The van der Waals surface area contributed by atoms with E-state index in [-0.39, 0.29) is 0 Å². The van der Waals surface area contributed by atoms with Gasteiger partial charge in [-0.05, 0) is 37.4 Å². The maximum absolute atomic E-state index is 11.4. The number of unbranched alkanes of at least 4 members (excludes halogenated alkanes) is 3. The van der Waals surface area contributed by atoms with E-state index in [1.165, 1.54) is 38.4 Å². The Labute approximate surface area is 142 Å². The molecule has 0 saturated heterocycles. The van der Waals surface area contributed by atoms with Crippen LogP contribution in [0.2, 0.25) is 0 Å². The summed E-state index contributed by atoms with van der Waals surface area (Å²) in [4.78, 5) is 0. The zero-order chi connectivity index (χ0) is 17.1. The lowest BCUT2D eigenvalue weighted by Crippen LogP contribution is -2.30. The van der Waals surface area contributed by atoms with Crippen molar-refractivity contribution >= 4 is 15.7 Å². The molecule has 23 heavy (non-hydrogen) atoms. The smallest absolute Gasteiger partial charge is 0.229 e. The molecule has 5 heteroatoms. The molecular formula is C18H32N2O2S. The van der Waals surface area contributed by atoms with Gasteiger partial charge in [0.25, 0.3) is 0 Å². The molecule has 0 aromatic heterocycles. The molecule has 2 N–H and O–H groups in total. The van der Waals surface area contributed by atoms with Crippen molar-refractivity contribution in [2.45, 2.75) is 64.8 Å². The summed E-state index contributed by atoms with van der Waals surface area (Å²) < 4.78 is 25.4. The molecule has 4 nitrogen and oxygen atoms in total. The lowest BCUT2D eigenvalue weighted by Gasteiger charge is -2.17. The Morgan fingerprint density at radius 2 is 1.83 bits per heavy atom. The molecule has 0 aliphatic heterocycles. The fourth-order valence-electron chi connectivity index (χ4n) is 2.72. The van der Waals surface area contributed by atoms with Crippen LogP contribution in [0.25, 0.3) is 0 Å². The Kier molecular flexibility index (Phi) is 9.26.